The van der Waals surface area contributed by atoms with Crippen molar-refractivity contribution in [2.24, 2.45) is 23.7 Å². The molecule has 4 atom stereocenters. The molecule has 0 aromatic heterocycles. The van der Waals surface area contributed by atoms with Gasteiger partial charge in [-0.15, -0.1) is 0 Å². The lowest BCUT2D eigenvalue weighted by molar-refractivity contribution is -0.123. The zero-order chi connectivity index (χ0) is 18.4. The number of benzene rings is 1. The van der Waals surface area contributed by atoms with Gasteiger partial charge in [-0.25, -0.2) is 0 Å². The van der Waals surface area contributed by atoms with Gasteiger partial charge in [-0.05, 0) is 68.5 Å². The molecule has 2 heterocycles. The van der Waals surface area contributed by atoms with E-state index in [1.807, 2.05) is 24.3 Å². The van der Waals surface area contributed by atoms with Crippen molar-refractivity contribution in [2.75, 3.05) is 31.1 Å². The van der Waals surface area contributed by atoms with Crippen LogP contribution in [0.4, 0.5) is 5.69 Å². The second-order valence-corrected chi connectivity index (χ2v) is 8.26. The zero-order valence-electron chi connectivity index (χ0n) is 15.5. The summed E-state index contributed by atoms with van der Waals surface area (Å²) in [4.78, 5) is 29.6. The molecule has 5 nitrogen and oxygen atoms in total. The fourth-order valence-electron chi connectivity index (χ4n) is 5.32. The molecule has 2 saturated heterocycles. The van der Waals surface area contributed by atoms with Crippen LogP contribution < -0.4 is 9.64 Å². The Balaban J connectivity index is 1.22. The number of fused-ring (bicyclic) bond motifs is 5. The molecule has 1 aromatic rings. The molecule has 27 heavy (non-hydrogen) atoms. The fraction of sp³-hybridized carbons (Fsp3) is 0.545. The average Bonchev–Trinajstić information content (AvgIpc) is 3.37. The van der Waals surface area contributed by atoms with E-state index in [4.69, 9.17) is 4.74 Å². The molecule has 2 amide bonds. The van der Waals surface area contributed by atoms with Crippen molar-refractivity contribution in [3.8, 4) is 5.75 Å². The van der Waals surface area contributed by atoms with Crippen molar-refractivity contribution >= 4 is 17.5 Å². The van der Waals surface area contributed by atoms with E-state index in [0.29, 0.717) is 12.3 Å². The van der Waals surface area contributed by atoms with E-state index in [0.717, 1.165) is 18.7 Å². The van der Waals surface area contributed by atoms with E-state index < -0.39 is 0 Å². The third-order valence-electron chi connectivity index (χ3n) is 6.69. The first-order chi connectivity index (χ1) is 13.2. The van der Waals surface area contributed by atoms with E-state index in [-0.39, 0.29) is 35.5 Å². The zero-order valence-corrected chi connectivity index (χ0v) is 15.5. The second kappa shape index (κ2) is 6.79. The third-order valence-corrected chi connectivity index (χ3v) is 6.69. The Kier molecular flexibility index (Phi) is 4.27. The number of carbonyl (C=O) groups is 2. The number of carbonyl (C=O) groups excluding carboxylic acids is 2. The van der Waals surface area contributed by atoms with E-state index in [1.165, 1.54) is 37.3 Å². The van der Waals surface area contributed by atoms with Gasteiger partial charge >= 0.3 is 0 Å². The maximum Gasteiger partial charge on any atom is 0.238 e. The number of amides is 2. The van der Waals surface area contributed by atoms with Crippen LogP contribution in [-0.2, 0) is 9.59 Å². The van der Waals surface area contributed by atoms with Crippen LogP contribution in [0.5, 0.6) is 5.75 Å². The summed E-state index contributed by atoms with van der Waals surface area (Å²) in [5, 5.41) is 0. The molecular formula is C22H26N2O3. The largest absolute Gasteiger partial charge is 0.492 e. The van der Waals surface area contributed by atoms with Crippen LogP contribution in [-0.4, -0.2) is 43.0 Å². The monoisotopic (exact) mass is 366 g/mol. The molecule has 0 N–H and O–H groups in total. The van der Waals surface area contributed by atoms with Gasteiger partial charge in [0.05, 0.1) is 17.5 Å². The molecule has 4 unspecified atom stereocenters. The highest BCUT2D eigenvalue weighted by Gasteiger charge is 2.59. The van der Waals surface area contributed by atoms with Gasteiger partial charge in [0.1, 0.15) is 12.4 Å². The molecule has 2 aliphatic carbocycles. The Labute approximate surface area is 160 Å². The number of imide groups is 1. The van der Waals surface area contributed by atoms with Crippen LogP contribution in [0.1, 0.15) is 25.7 Å². The Morgan fingerprint density at radius 1 is 0.889 bits per heavy atom. The molecule has 4 aliphatic rings. The summed E-state index contributed by atoms with van der Waals surface area (Å²) in [6, 6.07) is 7.41. The molecule has 5 rings (SSSR count). The maximum absolute atomic E-state index is 12.9. The van der Waals surface area contributed by atoms with Crippen molar-refractivity contribution in [3.05, 3.63) is 36.4 Å². The van der Waals surface area contributed by atoms with Gasteiger partial charge in [0, 0.05) is 6.54 Å². The van der Waals surface area contributed by atoms with Crippen LogP contribution in [0.3, 0.4) is 0 Å². The molecule has 1 aromatic carbocycles. The Hall–Kier alpha value is -2.14. The predicted molar refractivity (Wildman–Crippen MR) is 102 cm³/mol. The lowest BCUT2D eigenvalue weighted by atomic mass is 9.85. The van der Waals surface area contributed by atoms with Gasteiger partial charge in [0.25, 0.3) is 0 Å². The average molecular weight is 366 g/mol. The van der Waals surface area contributed by atoms with Gasteiger partial charge in [-0.2, -0.15) is 0 Å². The van der Waals surface area contributed by atoms with Crippen molar-refractivity contribution in [2.45, 2.75) is 25.7 Å². The van der Waals surface area contributed by atoms with E-state index in [1.54, 1.807) is 0 Å². The lowest BCUT2D eigenvalue weighted by Crippen LogP contribution is -2.33. The van der Waals surface area contributed by atoms with Gasteiger partial charge in [0.2, 0.25) is 11.8 Å². The van der Waals surface area contributed by atoms with E-state index in [9.17, 15) is 9.59 Å². The topological polar surface area (TPSA) is 49.9 Å². The molecule has 0 spiro atoms. The lowest BCUT2D eigenvalue weighted by Gasteiger charge is -2.26. The van der Waals surface area contributed by atoms with E-state index >= 15 is 0 Å². The van der Waals surface area contributed by atoms with Crippen LogP contribution in [0.25, 0.3) is 0 Å². The maximum atomic E-state index is 12.9. The number of allylic oxidation sites excluding steroid dienone is 2. The predicted octanol–water partition coefficient (Wildman–Crippen LogP) is 2.86. The smallest absolute Gasteiger partial charge is 0.238 e. The van der Waals surface area contributed by atoms with Crippen LogP contribution >= 0.6 is 0 Å². The van der Waals surface area contributed by atoms with Crippen molar-refractivity contribution in [3.63, 3.8) is 0 Å². The summed E-state index contributed by atoms with van der Waals surface area (Å²) < 4.78 is 5.86. The summed E-state index contributed by atoms with van der Waals surface area (Å²) in [6.45, 7) is 3.95. The van der Waals surface area contributed by atoms with Crippen LogP contribution in [0.2, 0.25) is 0 Å². The number of nitrogens with zero attached hydrogens (tertiary/aromatic N) is 2. The van der Waals surface area contributed by atoms with E-state index in [2.05, 4.69) is 17.1 Å². The highest BCUT2D eigenvalue weighted by Crippen LogP contribution is 2.53. The number of hydrogen-bond acceptors (Lipinski definition) is 4. The minimum atomic E-state index is -0.145. The summed E-state index contributed by atoms with van der Waals surface area (Å²) in [7, 11) is 0. The molecule has 3 fully saturated rings. The number of ether oxygens (including phenoxy) is 1. The SMILES string of the molecule is O=C1C2C3C=CC(C3)C2C(=O)N1c1ccc(OCCN2CCCCC2)cc1. The molecule has 5 heteroatoms. The van der Waals surface area contributed by atoms with Crippen molar-refractivity contribution < 1.29 is 14.3 Å². The second-order valence-electron chi connectivity index (χ2n) is 8.26. The summed E-state index contributed by atoms with van der Waals surface area (Å²) in [5.41, 5.74) is 0.669. The number of hydrogen-bond donors (Lipinski definition) is 0. The third kappa shape index (κ3) is 2.89. The quantitative estimate of drug-likeness (QED) is 0.594. The number of likely N-dealkylation sites (tertiary alicyclic amines) is 1. The van der Waals surface area contributed by atoms with Gasteiger partial charge in [0.15, 0.2) is 0 Å². The Morgan fingerprint density at radius 3 is 2.15 bits per heavy atom. The van der Waals surface area contributed by atoms with Crippen LogP contribution in [0, 0.1) is 23.7 Å². The summed E-state index contributed by atoms with van der Waals surface area (Å²) in [5.74, 6) is 0.941. The first-order valence-electron chi connectivity index (χ1n) is 10.2. The number of anilines is 1. The van der Waals surface area contributed by atoms with Crippen LogP contribution in [0.15, 0.2) is 36.4 Å². The fourth-order valence-corrected chi connectivity index (χ4v) is 5.32. The Bertz CT molecular complexity index is 736. The van der Waals surface area contributed by atoms with Gasteiger partial charge in [-0.3, -0.25) is 19.4 Å². The minimum Gasteiger partial charge on any atom is -0.492 e. The minimum absolute atomic E-state index is 0.0272. The molecule has 142 valence electrons. The molecule has 2 aliphatic heterocycles. The first kappa shape index (κ1) is 17.0. The highest BCUT2D eigenvalue weighted by atomic mass is 16.5. The van der Waals surface area contributed by atoms with Gasteiger partial charge < -0.3 is 4.74 Å². The number of piperidine rings is 1. The number of rotatable bonds is 5. The summed E-state index contributed by atoms with van der Waals surface area (Å²) >= 11 is 0. The molecular weight excluding hydrogens is 340 g/mol. The molecule has 1 saturated carbocycles. The normalized spacial score (nSPS) is 32.4. The molecule has 0 radical (unpaired) electrons. The standard InChI is InChI=1S/C22H26N2O3/c25-21-19-15-4-5-16(14-15)20(19)22(26)24(21)17-6-8-18(9-7-17)27-13-12-23-10-2-1-3-11-23/h4-9,15-16,19-20H,1-3,10-14H2. The van der Waals surface area contributed by atoms with Crippen molar-refractivity contribution in [1.29, 1.82) is 0 Å². The van der Waals surface area contributed by atoms with Gasteiger partial charge in [-0.1, -0.05) is 18.6 Å². The first-order valence-corrected chi connectivity index (χ1v) is 10.2. The Morgan fingerprint density at radius 2 is 1.52 bits per heavy atom. The summed E-state index contributed by atoms with van der Waals surface area (Å²) in [6.07, 6.45) is 9.12. The van der Waals surface area contributed by atoms with Crippen molar-refractivity contribution in [1.82, 2.24) is 4.90 Å². The molecule has 2 bridgehead atoms. The highest BCUT2D eigenvalue weighted by molar-refractivity contribution is 6.22.